The predicted octanol–water partition coefficient (Wildman–Crippen LogP) is 2.99. The van der Waals surface area contributed by atoms with Gasteiger partial charge in [0, 0.05) is 11.9 Å². The minimum Gasteiger partial charge on any atom is -0.406 e. The summed E-state index contributed by atoms with van der Waals surface area (Å²) in [4.78, 5) is 7.75. The first-order valence-corrected chi connectivity index (χ1v) is 5.32. The number of nitrogens with zero attached hydrogens (tertiary/aromatic N) is 3. The van der Waals surface area contributed by atoms with Crippen molar-refractivity contribution in [1.82, 2.24) is 9.97 Å². The highest BCUT2D eigenvalue weighted by atomic mass is 19.4. The van der Waals surface area contributed by atoms with E-state index in [0.717, 1.165) is 12.1 Å². The maximum Gasteiger partial charge on any atom is 0.573 e. The van der Waals surface area contributed by atoms with Gasteiger partial charge in [0.05, 0.1) is 0 Å². The zero-order valence-electron chi connectivity index (χ0n) is 9.85. The minimum absolute atomic E-state index is 0.175. The Hall–Kier alpha value is -2.82. The van der Waals surface area contributed by atoms with Crippen LogP contribution in [0.2, 0.25) is 0 Å². The molecule has 5 nitrogen and oxygen atoms in total. The summed E-state index contributed by atoms with van der Waals surface area (Å²) in [7, 11) is 0. The summed E-state index contributed by atoms with van der Waals surface area (Å²) in [5.41, 5.74) is 0.647. The van der Waals surface area contributed by atoms with E-state index in [9.17, 15) is 13.2 Å². The van der Waals surface area contributed by atoms with Crippen molar-refractivity contribution in [2.24, 2.45) is 0 Å². The van der Waals surface area contributed by atoms with Crippen LogP contribution in [0.3, 0.4) is 0 Å². The first-order chi connectivity index (χ1) is 9.46. The SMILES string of the molecule is N#Cc1ccnc(Nc2ccc(OC(F)(F)F)cc2)n1. The Kier molecular flexibility index (Phi) is 3.70. The standard InChI is InChI=1S/C12H7F3N4O/c13-12(14,15)20-10-3-1-8(2-4-10)18-11-17-6-5-9(7-16)19-11/h1-6H,(H,17,18,19). The third-order valence-corrected chi connectivity index (χ3v) is 2.11. The van der Waals surface area contributed by atoms with Crippen molar-refractivity contribution in [3.05, 3.63) is 42.2 Å². The lowest BCUT2D eigenvalue weighted by atomic mass is 10.3. The van der Waals surface area contributed by atoms with Crippen LogP contribution in [0, 0.1) is 11.3 Å². The van der Waals surface area contributed by atoms with E-state index >= 15 is 0 Å². The molecule has 1 N–H and O–H groups in total. The van der Waals surface area contributed by atoms with Gasteiger partial charge < -0.3 is 10.1 Å². The number of anilines is 2. The molecule has 102 valence electrons. The lowest BCUT2D eigenvalue weighted by Crippen LogP contribution is -2.17. The highest BCUT2D eigenvalue weighted by Crippen LogP contribution is 2.24. The van der Waals surface area contributed by atoms with E-state index < -0.39 is 6.36 Å². The molecule has 0 spiro atoms. The van der Waals surface area contributed by atoms with Crippen LogP contribution in [0.15, 0.2) is 36.5 Å². The molecule has 0 aliphatic heterocycles. The summed E-state index contributed by atoms with van der Waals surface area (Å²) in [6.07, 6.45) is -3.33. The summed E-state index contributed by atoms with van der Waals surface area (Å²) in [5.74, 6) is -0.150. The van der Waals surface area contributed by atoms with Crippen LogP contribution in [0.25, 0.3) is 0 Å². The van der Waals surface area contributed by atoms with Gasteiger partial charge in [0.25, 0.3) is 0 Å². The largest absolute Gasteiger partial charge is 0.573 e. The van der Waals surface area contributed by atoms with E-state index in [1.54, 1.807) is 0 Å². The number of hydrogen-bond donors (Lipinski definition) is 1. The van der Waals surface area contributed by atoms with Crippen molar-refractivity contribution in [1.29, 1.82) is 5.26 Å². The van der Waals surface area contributed by atoms with E-state index in [1.165, 1.54) is 24.4 Å². The van der Waals surface area contributed by atoms with Gasteiger partial charge in [-0.3, -0.25) is 0 Å². The molecule has 1 aromatic heterocycles. The van der Waals surface area contributed by atoms with Crippen LogP contribution in [0.5, 0.6) is 5.75 Å². The number of ether oxygens (including phenoxy) is 1. The molecule has 0 aliphatic rings. The molecule has 0 saturated heterocycles. The normalized spacial score (nSPS) is 10.7. The van der Waals surface area contributed by atoms with E-state index in [-0.39, 0.29) is 17.4 Å². The second-order valence-electron chi connectivity index (χ2n) is 3.57. The quantitative estimate of drug-likeness (QED) is 0.935. The molecule has 1 aromatic carbocycles. The van der Waals surface area contributed by atoms with Crippen molar-refractivity contribution in [3.63, 3.8) is 0 Å². The van der Waals surface area contributed by atoms with Gasteiger partial charge in [-0.1, -0.05) is 0 Å². The van der Waals surface area contributed by atoms with Gasteiger partial charge in [0.1, 0.15) is 17.5 Å². The smallest absolute Gasteiger partial charge is 0.406 e. The molecule has 0 bridgehead atoms. The van der Waals surface area contributed by atoms with Gasteiger partial charge >= 0.3 is 6.36 Å². The van der Waals surface area contributed by atoms with Crippen LogP contribution < -0.4 is 10.1 Å². The van der Waals surface area contributed by atoms with Crippen molar-refractivity contribution in [2.75, 3.05) is 5.32 Å². The Morgan fingerprint density at radius 3 is 2.45 bits per heavy atom. The Morgan fingerprint density at radius 2 is 1.85 bits per heavy atom. The van der Waals surface area contributed by atoms with Gasteiger partial charge in [-0.2, -0.15) is 5.26 Å². The minimum atomic E-state index is -4.72. The lowest BCUT2D eigenvalue weighted by Gasteiger charge is -2.09. The molecule has 0 atom stereocenters. The molecule has 8 heteroatoms. The lowest BCUT2D eigenvalue weighted by molar-refractivity contribution is -0.274. The highest BCUT2D eigenvalue weighted by molar-refractivity contribution is 5.54. The number of rotatable bonds is 3. The maximum absolute atomic E-state index is 12.0. The van der Waals surface area contributed by atoms with Gasteiger partial charge in [0.15, 0.2) is 0 Å². The van der Waals surface area contributed by atoms with Crippen LogP contribution >= 0.6 is 0 Å². The zero-order chi connectivity index (χ0) is 14.6. The summed E-state index contributed by atoms with van der Waals surface area (Å²) in [6, 6.07) is 8.36. The molecule has 0 radical (unpaired) electrons. The maximum atomic E-state index is 12.0. The molecule has 0 aliphatic carbocycles. The Labute approximate surface area is 111 Å². The Morgan fingerprint density at radius 1 is 1.15 bits per heavy atom. The van der Waals surface area contributed by atoms with Crippen LogP contribution in [0.1, 0.15) is 5.69 Å². The van der Waals surface area contributed by atoms with Gasteiger partial charge in [-0.15, -0.1) is 13.2 Å². The number of nitriles is 1. The fourth-order valence-electron chi connectivity index (χ4n) is 1.35. The fraction of sp³-hybridized carbons (Fsp3) is 0.0833. The second kappa shape index (κ2) is 5.44. The number of benzene rings is 1. The predicted molar refractivity (Wildman–Crippen MR) is 63.2 cm³/mol. The third-order valence-electron chi connectivity index (χ3n) is 2.11. The van der Waals surface area contributed by atoms with Gasteiger partial charge in [-0.25, -0.2) is 9.97 Å². The molecule has 0 fully saturated rings. The zero-order valence-corrected chi connectivity index (χ0v) is 9.85. The van der Waals surface area contributed by atoms with Gasteiger partial charge in [-0.05, 0) is 30.3 Å². The summed E-state index contributed by atoms with van der Waals surface area (Å²) < 4.78 is 39.7. The molecule has 0 unspecified atom stereocenters. The van der Waals surface area contributed by atoms with Crippen LogP contribution in [0.4, 0.5) is 24.8 Å². The number of hydrogen-bond acceptors (Lipinski definition) is 5. The van der Waals surface area contributed by atoms with Crippen molar-refractivity contribution >= 4 is 11.6 Å². The van der Waals surface area contributed by atoms with Crippen molar-refractivity contribution in [2.45, 2.75) is 6.36 Å². The highest BCUT2D eigenvalue weighted by Gasteiger charge is 2.30. The van der Waals surface area contributed by atoms with E-state index in [4.69, 9.17) is 5.26 Å². The third kappa shape index (κ3) is 3.84. The number of alkyl halides is 3. The molecule has 20 heavy (non-hydrogen) atoms. The molecule has 2 rings (SSSR count). The van der Waals surface area contributed by atoms with E-state index in [2.05, 4.69) is 20.0 Å². The number of halogens is 3. The Balaban J connectivity index is 2.09. The first-order valence-electron chi connectivity index (χ1n) is 5.32. The summed E-state index contributed by atoms with van der Waals surface area (Å²) in [5, 5.41) is 11.4. The topological polar surface area (TPSA) is 70.8 Å². The monoisotopic (exact) mass is 280 g/mol. The molecular formula is C12H7F3N4O. The second-order valence-corrected chi connectivity index (χ2v) is 3.57. The number of nitrogens with one attached hydrogen (secondary N) is 1. The Bertz CT molecular complexity index is 634. The average molecular weight is 280 g/mol. The van der Waals surface area contributed by atoms with Crippen LogP contribution in [-0.4, -0.2) is 16.3 Å². The molecule has 1 heterocycles. The van der Waals surface area contributed by atoms with Crippen molar-refractivity contribution in [3.8, 4) is 11.8 Å². The van der Waals surface area contributed by atoms with Crippen molar-refractivity contribution < 1.29 is 17.9 Å². The molecular weight excluding hydrogens is 273 g/mol. The molecule has 0 amide bonds. The summed E-state index contributed by atoms with van der Waals surface area (Å²) >= 11 is 0. The summed E-state index contributed by atoms with van der Waals surface area (Å²) in [6.45, 7) is 0. The number of aromatic nitrogens is 2. The molecule has 0 saturated carbocycles. The first kappa shape index (κ1) is 13.6. The molecule has 2 aromatic rings. The van der Waals surface area contributed by atoms with E-state index in [0.29, 0.717) is 5.69 Å². The average Bonchev–Trinajstić information content (AvgIpc) is 2.40. The fourth-order valence-corrected chi connectivity index (χ4v) is 1.35. The van der Waals surface area contributed by atoms with Gasteiger partial charge in [0.2, 0.25) is 5.95 Å². The van der Waals surface area contributed by atoms with Crippen LogP contribution in [-0.2, 0) is 0 Å². The van der Waals surface area contributed by atoms with E-state index in [1.807, 2.05) is 6.07 Å².